The van der Waals surface area contributed by atoms with Gasteiger partial charge in [-0.2, -0.15) is 5.21 Å². The number of nitrogens with one attached hydrogen (secondary N) is 1. The fourth-order valence-electron chi connectivity index (χ4n) is 3.56. The number of hydrogen-bond acceptors (Lipinski definition) is 6. The average molecular weight is 352 g/mol. The molecule has 1 saturated heterocycles. The van der Waals surface area contributed by atoms with Gasteiger partial charge in [0.1, 0.15) is 11.3 Å². The molecule has 0 spiro atoms. The summed E-state index contributed by atoms with van der Waals surface area (Å²) in [6.45, 7) is 4.12. The molecule has 1 N–H and O–H groups in total. The summed E-state index contributed by atoms with van der Waals surface area (Å²) in [6, 6.07) is 8.94. The molecule has 4 aromatic rings. The maximum absolute atomic E-state index is 14.3. The van der Waals surface area contributed by atoms with Crippen molar-refractivity contribution in [3.63, 3.8) is 0 Å². The Morgan fingerprint density at radius 3 is 2.77 bits per heavy atom. The smallest absolute Gasteiger partial charge is 0.188 e. The summed E-state index contributed by atoms with van der Waals surface area (Å²) in [5.41, 5.74) is 2.11. The Bertz CT molecular complexity index is 1050. The lowest BCUT2D eigenvalue weighted by Gasteiger charge is -2.35. The second-order valence-electron chi connectivity index (χ2n) is 6.40. The van der Waals surface area contributed by atoms with E-state index in [1.165, 1.54) is 6.07 Å². The lowest BCUT2D eigenvalue weighted by molar-refractivity contribution is 0.243. The van der Waals surface area contributed by atoms with Crippen molar-refractivity contribution < 1.29 is 4.39 Å². The molecule has 3 aromatic heterocycles. The Hall–Kier alpha value is -3.07. The highest BCUT2D eigenvalue weighted by atomic mass is 19.1. The van der Waals surface area contributed by atoms with Crippen LogP contribution in [0.1, 0.15) is 5.82 Å². The molecular weight excluding hydrogens is 335 g/mol. The SMILES string of the molecule is Fc1cccc2nc(N3CCN(Cc4nn[nH]n4)CC3)c3cccn3c12. The van der Waals surface area contributed by atoms with Crippen LogP contribution >= 0.6 is 0 Å². The first kappa shape index (κ1) is 15.2. The van der Waals surface area contributed by atoms with E-state index in [2.05, 4.69) is 30.4 Å². The zero-order valence-corrected chi connectivity index (χ0v) is 14.0. The topological polar surface area (TPSA) is 78.2 Å². The van der Waals surface area contributed by atoms with Crippen LogP contribution in [0, 0.1) is 5.82 Å². The van der Waals surface area contributed by atoms with E-state index in [1.54, 1.807) is 6.07 Å². The largest absolute Gasteiger partial charge is 0.352 e. The molecule has 0 bridgehead atoms. The summed E-state index contributed by atoms with van der Waals surface area (Å²) < 4.78 is 16.2. The standard InChI is InChI=1S/C17H17FN8/c18-12-3-1-4-13-16(12)26-6-2-5-14(26)17(19-13)25-9-7-24(8-10-25)11-15-20-22-23-21-15/h1-6H,7-11H2,(H,20,21,22,23). The molecule has 8 nitrogen and oxygen atoms in total. The second kappa shape index (κ2) is 6.03. The third kappa shape index (κ3) is 2.48. The molecule has 9 heteroatoms. The Labute approximate surface area is 148 Å². The summed E-state index contributed by atoms with van der Waals surface area (Å²) >= 11 is 0. The molecule has 1 aromatic carbocycles. The van der Waals surface area contributed by atoms with Crippen molar-refractivity contribution in [1.29, 1.82) is 0 Å². The predicted octanol–water partition coefficient (Wildman–Crippen LogP) is 1.46. The number of benzene rings is 1. The molecule has 1 aliphatic heterocycles. The van der Waals surface area contributed by atoms with Crippen LogP contribution in [-0.4, -0.2) is 61.1 Å². The summed E-state index contributed by atoms with van der Waals surface area (Å²) in [5.74, 6) is 1.34. The van der Waals surface area contributed by atoms with E-state index in [-0.39, 0.29) is 5.82 Å². The quantitative estimate of drug-likeness (QED) is 0.601. The molecule has 0 atom stereocenters. The van der Waals surface area contributed by atoms with Crippen molar-refractivity contribution in [1.82, 2.24) is 34.9 Å². The van der Waals surface area contributed by atoms with Gasteiger partial charge in [0, 0.05) is 32.4 Å². The van der Waals surface area contributed by atoms with Gasteiger partial charge in [-0.25, -0.2) is 9.37 Å². The highest BCUT2D eigenvalue weighted by Crippen LogP contribution is 2.27. The molecule has 0 aliphatic carbocycles. The van der Waals surface area contributed by atoms with Crippen molar-refractivity contribution in [3.05, 3.63) is 48.2 Å². The van der Waals surface area contributed by atoms with Gasteiger partial charge in [-0.05, 0) is 24.3 Å². The monoisotopic (exact) mass is 352 g/mol. The van der Waals surface area contributed by atoms with Gasteiger partial charge in [-0.15, -0.1) is 10.2 Å². The van der Waals surface area contributed by atoms with E-state index in [0.29, 0.717) is 23.4 Å². The lowest BCUT2D eigenvalue weighted by Crippen LogP contribution is -2.46. The highest BCUT2D eigenvalue weighted by molar-refractivity contribution is 5.85. The van der Waals surface area contributed by atoms with E-state index < -0.39 is 0 Å². The van der Waals surface area contributed by atoms with Crippen molar-refractivity contribution in [2.45, 2.75) is 6.54 Å². The van der Waals surface area contributed by atoms with Crippen LogP contribution in [-0.2, 0) is 6.54 Å². The van der Waals surface area contributed by atoms with Gasteiger partial charge in [0.25, 0.3) is 0 Å². The van der Waals surface area contributed by atoms with Crippen LogP contribution in [0.15, 0.2) is 36.5 Å². The van der Waals surface area contributed by atoms with E-state index >= 15 is 0 Å². The van der Waals surface area contributed by atoms with Gasteiger partial charge in [0.15, 0.2) is 11.6 Å². The number of nitrogens with zero attached hydrogens (tertiary/aromatic N) is 7. The van der Waals surface area contributed by atoms with Gasteiger partial charge in [0.2, 0.25) is 0 Å². The number of fused-ring (bicyclic) bond motifs is 3. The van der Waals surface area contributed by atoms with E-state index in [4.69, 9.17) is 4.98 Å². The lowest BCUT2D eigenvalue weighted by atomic mass is 10.2. The minimum absolute atomic E-state index is 0.257. The average Bonchev–Trinajstić information content (AvgIpc) is 3.33. The Morgan fingerprint density at radius 2 is 1.96 bits per heavy atom. The Kier molecular flexibility index (Phi) is 3.52. The molecule has 0 radical (unpaired) electrons. The number of tetrazole rings is 1. The fourth-order valence-corrected chi connectivity index (χ4v) is 3.56. The maximum Gasteiger partial charge on any atom is 0.188 e. The number of aromatic nitrogens is 6. The molecule has 4 heterocycles. The van der Waals surface area contributed by atoms with Crippen LogP contribution < -0.4 is 4.90 Å². The molecule has 1 aliphatic rings. The van der Waals surface area contributed by atoms with Crippen molar-refractivity contribution in [3.8, 4) is 0 Å². The number of piperazine rings is 1. The zero-order chi connectivity index (χ0) is 17.5. The highest BCUT2D eigenvalue weighted by Gasteiger charge is 2.22. The van der Waals surface area contributed by atoms with Crippen LogP contribution in [0.5, 0.6) is 0 Å². The number of hydrogen-bond donors (Lipinski definition) is 1. The summed E-state index contributed by atoms with van der Waals surface area (Å²) in [5, 5.41) is 14.1. The number of rotatable bonds is 3. The first-order valence-electron chi connectivity index (χ1n) is 8.54. The van der Waals surface area contributed by atoms with E-state index in [0.717, 1.165) is 37.5 Å². The van der Waals surface area contributed by atoms with Gasteiger partial charge < -0.3 is 9.30 Å². The third-order valence-corrected chi connectivity index (χ3v) is 4.84. The van der Waals surface area contributed by atoms with Gasteiger partial charge in [-0.3, -0.25) is 4.90 Å². The van der Waals surface area contributed by atoms with Crippen molar-refractivity contribution >= 4 is 22.4 Å². The minimum atomic E-state index is -0.257. The molecule has 26 heavy (non-hydrogen) atoms. The second-order valence-corrected chi connectivity index (χ2v) is 6.40. The predicted molar refractivity (Wildman–Crippen MR) is 94.3 cm³/mol. The minimum Gasteiger partial charge on any atom is -0.352 e. The van der Waals surface area contributed by atoms with Crippen LogP contribution in [0.25, 0.3) is 16.6 Å². The summed E-state index contributed by atoms with van der Waals surface area (Å²) in [6.07, 6.45) is 1.89. The summed E-state index contributed by atoms with van der Waals surface area (Å²) in [4.78, 5) is 9.31. The van der Waals surface area contributed by atoms with Gasteiger partial charge in [0.05, 0.1) is 17.6 Å². The van der Waals surface area contributed by atoms with Crippen LogP contribution in [0.2, 0.25) is 0 Å². The number of aromatic amines is 1. The van der Waals surface area contributed by atoms with Crippen LogP contribution in [0.4, 0.5) is 10.2 Å². The number of halogens is 1. The van der Waals surface area contributed by atoms with Gasteiger partial charge in [-0.1, -0.05) is 11.3 Å². The maximum atomic E-state index is 14.3. The van der Waals surface area contributed by atoms with Crippen molar-refractivity contribution in [2.75, 3.05) is 31.1 Å². The first-order valence-corrected chi connectivity index (χ1v) is 8.54. The number of H-pyrrole nitrogens is 1. The van der Waals surface area contributed by atoms with E-state index in [1.807, 2.05) is 28.8 Å². The summed E-state index contributed by atoms with van der Waals surface area (Å²) in [7, 11) is 0. The zero-order valence-electron chi connectivity index (χ0n) is 14.0. The third-order valence-electron chi connectivity index (χ3n) is 4.84. The Balaban J connectivity index is 1.45. The van der Waals surface area contributed by atoms with Crippen molar-refractivity contribution in [2.24, 2.45) is 0 Å². The first-order chi connectivity index (χ1) is 12.8. The molecule has 0 unspecified atom stereocenters. The fraction of sp³-hybridized carbons (Fsp3) is 0.294. The molecule has 1 fully saturated rings. The van der Waals surface area contributed by atoms with Gasteiger partial charge >= 0.3 is 0 Å². The molecule has 0 saturated carbocycles. The molecule has 0 amide bonds. The normalized spacial score (nSPS) is 16.0. The molecular formula is C17H17FN8. The van der Waals surface area contributed by atoms with Crippen LogP contribution in [0.3, 0.4) is 0 Å². The number of anilines is 1. The molecule has 132 valence electrons. The molecule has 5 rings (SSSR count). The Morgan fingerprint density at radius 1 is 1.08 bits per heavy atom. The van der Waals surface area contributed by atoms with E-state index in [9.17, 15) is 4.39 Å². The number of para-hydroxylation sites is 1.